The largest absolute Gasteiger partial charge is 0.482 e. The van der Waals surface area contributed by atoms with Gasteiger partial charge in [0.05, 0.1) is 23.3 Å². The average Bonchev–Trinajstić information content (AvgIpc) is 2.83. The van der Waals surface area contributed by atoms with Crippen LogP contribution in [0.15, 0.2) is 47.7 Å². The van der Waals surface area contributed by atoms with Crippen molar-refractivity contribution in [3.05, 3.63) is 92.6 Å². The Bertz CT molecular complexity index is 1550. The number of hydrogen-bond acceptors (Lipinski definition) is 7. The maximum Gasteiger partial charge on any atom is 0.277 e. The van der Waals surface area contributed by atoms with Crippen LogP contribution in [0, 0.1) is 25.5 Å². The first-order chi connectivity index (χ1) is 17.4. The number of pyridine rings is 3. The lowest BCUT2D eigenvalue weighted by Crippen LogP contribution is -2.23. The van der Waals surface area contributed by atoms with Crippen molar-refractivity contribution in [3.8, 4) is 22.8 Å². The van der Waals surface area contributed by atoms with Crippen molar-refractivity contribution in [3.63, 3.8) is 0 Å². The van der Waals surface area contributed by atoms with Crippen LogP contribution in [0.2, 0.25) is 5.02 Å². The molecule has 192 valence electrons. The third-order valence-electron chi connectivity index (χ3n) is 5.61. The molecular formula is C26H24ClF2N5O3. The van der Waals surface area contributed by atoms with Crippen LogP contribution in [0.5, 0.6) is 5.75 Å². The lowest BCUT2D eigenvalue weighted by Gasteiger charge is -2.19. The molecule has 4 aromatic rings. The molecule has 0 aromatic carbocycles. The van der Waals surface area contributed by atoms with Crippen molar-refractivity contribution >= 4 is 11.6 Å². The highest BCUT2D eigenvalue weighted by atomic mass is 35.5. The minimum absolute atomic E-state index is 0.0380. The molecule has 4 aromatic heterocycles. The number of halogens is 3. The molecule has 0 bridgehead atoms. The molecule has 8 nitrogen and oxygen atoms in total. The zero-order valence-electron chi connectivity index (χ0n) is 20.8. The second-order valence-corrected chi connectivity index (χ2v) is 9.44. The van der Waals surface area contributed by atoms with Crippen molar-refractivity contribution in [1.29, 1.82) is 0 Å². The van der Waals surface area contributed by atoms with Crippen molar-refractivity contribution in [2.45, 2.75) is 46.3 Å². The van der Waals surface area contributed by atoms with E-state index in [1.165, 1.54) is 17.7 Å². The highest BCUT2D eigenvalue weighted by Crippen LogP contribution is 2.30. The number of rotatable bonds is 6. The zero-order chi connectivity index (χ0) is 27.1. The van der Waals surface area contributed by atoms with Gasteiger partial charge < -0.3 is 9.84 Å². The van der Waals surface area contributed by atoms with Gasteiger partial charge in [-0.2, -0.15) is 0 Å². The molecule has 0 aliphatic heterocycles. The van der Waals surface area contributed by atoms with Crippen LogP contribution < -0.4 is 10.3 Å². The number of aromatic nitrogens is 5. The summed E-state index contributed by atoms with van der Waals surface area (Å²) in [7, 11) is 0. The Morgan fingerprint density at radius 2 is 1.81 bits per heavy atom. The molecule has 4 rings (SSSR count). The SMILES string of the molecule is Cc1cnc(-c2ccnc(C(C)(C)O)n2)cc1-n1c(C)cc(OC(C)c2ncc(F)cc2F)c(Cl)c1=O. The second-order valence-electron chi connectivity index (χ2n) is 9.07. The van der Waals surface area contributed by atoms with Gasteiger partial charge in [-0.3, -0.25) is 19.3 Å². The van der Waals surface area contributed by atoms with Crippen LogP contribution in [0.3, 0.4) is 0 Å². The van der Waals surface area contributed by atoms with E-state index in [9.17, 15) is 18.7 Å². The van der Waals surface area contributed by atoms with Crippen LogP contribution >= 0.6 is 11.6 Å². The van der Waals surface area contributed by atoms with Gasteiger partial charge in [0, 0.05) is 30.2 Å². The van der Waals surface area contributed by atoms with E-state index < -0.39 is 28.9 Å². The summed E-state index contributed by atoms with van der Waals surface area (Å²) in [5.74, 6) is -1.41. The van der Waals surface area contributed by atoms with Crippen molar-refractivity contribution in [2.75, 3.05) is 0 Å². The van der Waals surface area contributed by atoms with Crippen molar-refractivity contribution in [1.82, 2.24) is 24.5 Å². The molecule has 1 N–H and O–H groups in total. The number of aryl methyl sites for hydroxylation is 2. The molecular weight excluding hydrogens is 504 g/mol. The van der Waals surface area contributed by atoms with E-state index in [0.717, 1.165) is 6.20 Å². The van der Waals surface area contributed by atoms with Gasteiger partial charge >= 0.3 is 0 Å². The monoisotopic (exact) mass is 527 g/mol. The molecule has 11 heteroatoms. The lowest BCUT2D eigenvalue weighted by molar-refractivity contribution is 0.0688. The Kier molecular flexibility index (Phi) is 7.07. The maximum atomic E-state index is 14.2. The number of nitrogens with zero attached hydrogens (tertiary/aromatic N) is 5. The summed E-state index contributed by atoms with van der Waals surface area (Å²) in [6, 6.07) is 5.61. The molecule has 4 heterocycles. The van der Waals surface area contributed by atoms with Crippen LogP contribution in [-0.4, -0.2) is 29.6 Å². The van der Waals surface area contributed by atoms with Gasteiger partial charge in [0.15, 0.2) is 11.6 Å². The molecule has 1 unspecified atom stereocenters. The maximum absolute atomic E-state index is 14.2. The second kappa shape index (κ2) is 9.95. The molecule has 1 atom stereocenters. The third-order valence-corrected chi connectivity index (χ3v) is 5.95. The number of hydrogen-bond donors (Lipinski definition) is 1. The van der Waals surface area contributed by atoms with Crippen LogP contribution in [0.1, 0.15) is 49.7 Å². The summed E-state index contributed by atoms with van der Waals surface area (Å²) in [6.07, 6.45) is 3.07. The normalized spacial score (nSPS) is 12.5. The lowest BCUT2D eigenvalue weighted by atomic mass is 10.1. The average molecular weight is 528 g/mol. The van der Waals surface area contributed by atoms with Gasteiger partial charge in [-0.05, 0) is 52.3 Å². The first kappa shape index (κ1) is 26.3. The summed E-state index contributed by atoms with van der Waals surface area (Å²) in [6.45, 7) is 8.17. The molecule has 0 amide bonds. The van der Waals surface area contributed by atoms with E-state index in [0.29, 0.717) is 34.4 Å². The standard InChI is InChI=1S/C26H24ClF2N5O3/c1-13-11-31-19(18-6-7-30-25(33-18)26(4,5)36)10-20(13)34-14(2)8-21(22(27)24(34)35)37-15(3)23-17(29)9-16(28)12-32-23/h6-12,15,36H,1-5H3. The number of ether oxygens (including phenoxy) is 1. The van der Waals surface area contributed by atoms with Gasteiger partial charge in [-0.25, -0.2) is 18.7 Å². The topological polar surface area (TPSA) is 103 Å². The Morgan fingerprint density at radius 3 is 2.49 bits per heavy atom. The highest BCUT2D eigenvalue weighted by molar-refractivity contribution is 6.31. The molecule has 0 aliphatic carbocycles. The summed E-state index contributed by atoms with van der Waals surface area (Å²) >= 11 is 6.40. The van der Waals surface area contributed by atoms with Crippen molar-refractivity contribution < 1.29 is 18.6 Å². The fraction of sp³-hybridized carbons (Fsp3) is 0.269. The van der Waals surface area contributed by atoms with Gasteiger partial charge in [0.1, 0.15) is 34.0 Å². The van der Waals surface area contributed by atoms with E-state index in [1.807, 2.05) is 0 Å². The predicted molar refractivity (Wildman–Crippen MR) is 134 cm³/mol. The Hall–Kier alpha value is -3.76. The van der Waals surface area contributed by atoms with Gasteiger partial charge in [-0.15, -0.1) is 0 Å². The van der Waals surface area contributed by atoms with E-state index in [-0.39, 0.29) is 22.3 Å². The van der Waals surface area contributed by atoms with Gasteiger partial charge in [0.25, 0.3) is 5.56 Å². The van der Waals surface area contributed by atoms with Crippen LogP contribution in [0.4, 0.5) is 8.78 Å². The predicted octanol–water partition coefficient (Wildman–Crippen LogP) is 5.00. The van der Waals surface area contributed by atoms with E-state index in [1.54, 1.807) is 52.1 Å². The first-order valence-corrected chi connectivity index (χ1v) is 11.7. The summed E-state index contributed by atoms with van der Waals surface area (Å²) in [5, 5.41) is 10.1. The quantitative estimate of drug-likeness (QED) is 0.376. The molecule has 0 saturated carbocycles. The number of aliphatic hydroxyl groups is 1. The summed E-state index contributed by atoms with van der Waals surface area (Å²) in [4.78, 5) is 30.1. The van der Waals surface area contributed by atoms with E-state index in [2.05, 4.69) is 19.9 Å². The fourth-order valence-electron chi connectivity index (χ4n) is 3.73. The first-order valence-electron chi connectivity index (χ1n) is 11.3. The third kappa shape index (κ3) is 5.35. The minimum atomic E-state index is -1.25. The highest BCUT2D eigenvalue weighted by Gasteiger charge is 2.22. The summed E-state index contributed by atoms with van der Waals surface area (Å²) < 4.78 is 34.5. The Balaban J connectivity index is 1.75. The van der Waals surface area contributed by atoms with Gasteiger partial charge in [0.2, 0.25) is 0 Å². The van der Waals surface area contributed by atoms with Crippen LogP contribution in [0.25, 0.3) is 17.1 Å². The van der Waals surface area contributed by atoms with E-state index >= 15 is 0 Å². The van der Waals surface area contributed by atoms with Crippen LogP contribution in [-0.2, 0) is 5.60 Å². The molecule has 0 spiro atoms. The van der Waals surface area contributed by atoms with E-state index in [4.69, 9.17) is 16.3 Å². The summed E-state index contributed by atoms with van der Waals surface area (Å²) in [5.41, 5.74) is 0.703. The minimum Gasteiger partial charge on any atom is -0.482 e. The fourth-order valence-corrected chi connectivity index (χ4v) is 3.91. The Morgan fingerprint density at radius 1 is 1.08 bits per heavy atom. The van der Waals surface area contributed by atoms with Crippen molar-refractivity contribution in [2.24, 2.45) is 0 Å². The van der Waals surface area contributed by atoms with Gasteiger partial charge in [-0.1, -0.05) is 11.6 Å². The molecule has 0 saturated heterocycles. The smallest absolute Gasteiger partial charge is 0.277 e. The molecule has 0 fully saturated rings. The zero-order valence-corrected chi connectivity index (χ0v) is 21.5. The molecule has 0 radical (unpaired) electrons. The Labute approximate surface area is 216 Å². The molecule has 37 heavy (non-hydrogen) atoms. The molecule has 0 aliphatic rings.